The Balaban J connectivity index is 1.75. The molecule has 3 heterocycles. The van der Waals surface area contributed by atoms with E-state index in [0.29, 0.717) is 5.69 Å². The number of carbonyl (C=O) groups is 4. The number of esters is 2. The number of hydrogen-bond donors (Lipinski definition) is 0. The van der Waals surface area contributed by atoms with Gasteiger partial charge in [0.15, 0.2) is 5.60 Å². The number of anilines is 1. The lowest BCUT2D eigenvalue weighted by Gasteiger charge is -2.34. The van der Waals surface area contributed by atoms with Crippen LogP contribution in [0.3, 0.4) is 0 Å². The SMILES string of the molecule is CC(=O)OC(OC(C)=O)[C@@]12C=C[C@H](O1)[C@@H]1C(=O)N(c3ccc(C)c(C)c3)C(=O)[C@H]12. The number of imide groups is 1. The van der Waals surface area contributed by atoms with E-state index in [0.717, 1.165) is 16.0 Å². The van der Waals surface area contributed by atoms with Crippen molar-refractivity contribution in [1.82, 2.24) is 0 Å². The highest BCUT2D eigenvalue weighted by molar-refractivity contribution is 6.23. The van der Waals surface area contributed by atoms with E-state index in [9.17, 15) is 19.2 Å². The molecule has 0 radical (unpaired) electrons. The predicted molar refractivity (Wildman–Crippen MR) is 99.5 cm³/mol. The molecule has 4 atom stereocenters. The highest BCUT2D eigenvalue weighted by Crippen LogP contribution is 2.54. The molecule has 2 amide bonds. The number of benzene rings is 1. The van der Waals surface area contributed by atoms with Gasteiger partial charge >= 0.3 is 11.9 Å². The van der Waals surface area contributed by atoms with E-state index in [4.69, 9.17) is 14.2 Å². The molecule has 1 aromatic carbocycles. The zero-order chi connectivity index (χ0) is 21.1. The second kappa shape index (κ2) is 6.52. The molecule has 29 heavy (non-hydrogen) atoms. The average Bonchev–Trinajstić information content (AvgIpc) is 3.28. The summed E-state index contributed by atoms with van der Waals surface area (Å²) in [6.45, 7) is 6.17. The first-order valence-electron chi connectivity index (χ1n) is 9.32. The number of fused-ring (bicyclic) bond motifs is 5. The molecule has 0 unspecified atom stereocenters. The summed E-state index contributed by atoms with van der Waals surface area (Å²) >= 11 is 0. The lowest BCUT2D eigenvalue weighted by atomic mass is 9.76. The van der Waals surface area contributed by atoms with Crippen LogP contribution in [-0.4, -0.2) is 41.7 Å². The molecular weight excluding hydrogens is 378 g/mol. The molecular formula is C21H21NO7. The summed E-state index contributed by atoms with van der Waals surface area (Å²) in [6.07, 6.45) is 1.08. The van der Waals surface area contributed by atoms with Crippen molar-refractivity contribution in [2.75, 3.05) is 4.90 Å². The van der Waals surface area contributed by atoms with Crippen LogP contribution >= 0.6 is 0 Å². The lowest BCUT2D eigenvalue weighted by molar-refractivity contribution is -0.226. The van der Waals surface area contributed by atoms with Gasteiger partial charge in [-0.2, -0.15) is 0 Å². The molecule has 0 N–H and O–H groups in total. The third-order valence-corrected chi connectivity index (χ3v) is 5.74. The number of hydrogen-bond acceptors (Lipinski definition) is 7. The van der Waals surface area contributed by atoms with Crippen LogP contribution in [-0.2, 0) is 33.4 Å². The molecule has 2 saturated heterocycles. The number of amides is 2. The normalized spacial score (nSPS) is 29.6. The third-order valence-electron chi connectivity index (χ3n) is 5.74. The Bertz CT molecular complexity index is 952. The van der Waals surface area contributed by atoms with Crippen molar-refractivity contribution in [2.24, 2.45) is 11.8 Å². The van der Waals surface area contributed by atoms with E-state index >= 15 is 0 Å². The minimum absolute atomic E-state index is 0.385. The fourth-order valence-electron chi connectivity index (χ4n) is 4.34. The summed E-state index contributed by atoms with van der Waals surface area (Å²) < 4.78 is 16.3. The van der Waals surface area contributed by atoms with Crippen molar-refractivity contribution in [2.45, 2.75) is 45.7 Å². The monoisotopic (exact) mass is 399 g/mol. The van der Waals surface area contributed by atoms with Crippen molar-refractivity contribution in [1.29, 1.82) is 0 Å². The number of aryl methyl sites for hydroxylation is 2. The van der Waals surface area contributed by atoms with E-state index < -0.39 is 47.7 Å². The summed E-state index contributed by atoms with van der Waals surface area (Å²) in [5.41, 5.74) is 0.932. The molecule has 0 spiro atoms. The van der Waals surface area contributed by atoms with Crippen molar-refractivity contribution >= 4 is 29.4 Å². The largest absolute Gasteiger partial charge is 0.422 e. The van der Waals surface area contributed by atoms with Crippen molar-refractivity contribution in [3.63, 3.8) is 0 Å². The topological polar surface area (TPSA) is 99.2 Å². The molecule has 0 saturated carbocycles. The standard InChI is InChI=1S/C21H21NO7/c1-10-5-6-14(9-11(10)2)22-18(25)16-15-7-8-21(29-15,17(16)19(22)26)20(27-12(3)23)28-13(4)24/h5-9,15-17,20H,1-4H3/t15-,16-,17-,21-/m0/s1. The van der Waals surface area contributed by atoms with E-state index in [-0.39, 0.29) is 5.91 Å². The van der Waals surface area contributed by atoms with E-state index in [2.05, 4.69) is 0 Å². The van der Waals surface area contributed by atoms with Crippen LogP contribution in [0.2, 0.25) is 0 Å². The van der Waals surface area contributed by atoms with Crippen molar-refractivity contribution < 1.29 is 33.4 Å². The molecule has 0 aliphatic carbocycles. The average molecular weight is 399 g/mol. The van der Waals surface area contributed by atoms with E-state index in [1.54, 1.807) is 24.3 Å². The summed E-state index contributed by atoms with van der Waals surface area (Å²) in [5.74, 6) is -3.99. The fourth-order valence-corrected chi connectivity index (χ4v) is 4.34. The summed E-state index contributed by atoms with van der Waals surface area (Å²) in [6, 6.07) is 5.35. The van der Waals surface area contributed by atoms with Crippen LogP contribution in [0.5, 0.6) is 0 Å². The summed E-state index contributed by atoms with van der Waals surface area (Å²) in [4.78, 5) is 50.9. The highest BCUT2D eigenvalue weighted by atomic mass is 16.7. The molecule has 1 aromatic rings. The lowest BCUT2D eigenvalue weighted by Crippen LogP contribution is -2.52. The number of rotatable bonds is 4. The summed E-state index contributed by atoms with van der Waals surface area (Å²) in [5, 5.41) is 0. The Morgan fingerprint density at radius 2 is 1.72 bits per heavy atom. The first kappa shape index (κ1) is 19.3. The number of nitrogens with zero attached hydrogens (tertiary/aromatic N) is 1. The van der Waals surface area contributed by atoms with Gasteiger partial charge in [0.25, 0.3) is 6.29 Å². The molecule has 152 valence electrons. The zero-order valence-corrected chi connectivity index (χ0v) is 16.5. The number of ether oxygens (including phenoxy) is 3. The Hall–Kier alpha value is -3.00. The van der Waals surface area contributed by atoms with Crippen LogP contribution in [0.1, 0.15) is 25.0 Å². The molecule has 2 fully saturated rings. The minimum atomic E-state index is -1.53. The third kappa shape index (κ3) is 2.78. The predicted octanol–water partition coefficient (Wildman–Crippen LogP) is 1.57. The minimum Gasteiger partial charge on any atom is -0.422 e. The molecule has 8 nitrogen and oxygen atoms in total. The molecule has 0 aromatic heterocycles. The van der Waals surface area contributed by atoms with Gasteiger partial charge in [-0.1, -0.05) is 12.1 Å². The smallest absolute Gasteiger partial charge is 0.305 e. The van der Waals surface area contributed by atoms with Crippen LogP contribution in [0.15, 0.2) is 30.4 Å². The highest BCUT2D eigenvalue weighted by Gasteiger charge is 2.72. The van der Waals surface area contributed by atoms with Gasteiger partial charge in [0.2, 0.25) is 11.8 Å². The fraction of sp³-hybridized carbons (Fsp3) is 0.429. The Morgan fingerprint density at radius 3 is 2.31 bits per heavy atom. The molecule has 8 heteroatoms. The molecule has 4 rings (SSSR count). The second-order valence-electron chi connectivity index (χ2n) is 7.63. The van der Waals surface area contributed by atoms with Gasteiger partial charge in [0.1, 0.15) is 0 Å². The van der Waals surface area contributed by atoms with Crippen molar-refractivity contribution in [3.8, 4) is 0 Å². The van der Waals surface area contributed by atoms with Gasteiger partial charge in [-0.3, -0.25) is 19.2 Å². The van der Waals surface area contributed by atoms with Gasteiger partial charge in [-0.25, -0.2) is 4.90 Å². The maximum atomic E-state index is 13.4. The second-order valence-corrected chi connectivity index (χ2v) is 7.63. The van der Waals surface area contributed by atoms with Gasteiger partial charge < -0.3 is 14.2 Å². The van der Waals surface area contributed by atoms with Crippen LogP contribution in [0.25, 0.3) is 0 Å². The van der Waals surface area contributed by atoms with Crippen LogP contribution in [0, 0.1) is 25.7 Å². The number of carbonyl (C=O) groups excluding carboxylic acids is 4. The first-order valence-corrected chi connectivity index (χ1v) is 9.32. The van der Waals surface area contributed by atoms with Crippen LogP contribution in [0.4, 0.5) is 5.69 Å². The van der Waals surface area contributed by atoms with Gasteiger partial charge in [-0.15, -0.1) is 0 Å². The Kier molecular flexibility index (Phi) is 4.34. The van der Waals surface area contributed by atoms with Crippen molar-refractivity contribution in [3.05, 3.63) is 41.5 Å². The molecule has 3 aliphatic rings. The molecule has 2 bridgehead atoms. The maximum absolute atomic E-state index is 13.4. The van der Waals surface area contributed by atoms with E-state index in [1.165, 1.54) is 13.8 Å². The van der Waals surface area contributed by atoms with Gasteiger partial charge in [0, 0.05) is 13.8 Å². The zero-order valence-electron chi connectivity index (χ0n) is 16.5. The van der Waals surface area contributed by atoms with Gasteiger partial charge in [-0.05, 0) is 43.2 Å². The quantitative estimate of drug-likeness (QED) is 0.328. The Labute approximate surface area is 167 Å². The molecule has 3 aliphatic heterocycles. The van der Waals surface area contributed by atoms with E-state index in [1.807, 2.05) is 19.9 Å². The maximum Gasteiger partial charge on any atom is 0.305 e. The Morgan fingerprint density at radius 1 is 1.07 bits per heavy atom. The summed E-state index contributed by atoms with van der Waals surface area (Å²) in [7, 11) is 0. The van der Waals surface area contributed by atoms with Crippen LogP contribution < -0.4 is 4.90 Å². The first-order chi connectivity index (χ1) is 13.7. The van der Waals surface area contributed by atoms with Gasteiger partial charge in [0.05, 0.1) is 23.6 Å².